The number of halogens is 6. The second kappa shape index (κ2) is 11.8. The van der Waals surface area contributed by atoms with Crippen molar-refractivity contribution in [2.45, 2.75) is 31.4 Å². The molecule has 1 aliphatic heterocycles. The van der Waals surface area contributed by atoms with Crippen LogP contribution in [0.4, 0.5) is 35.9 Å². The van der Waals surface area contributed by atoms with Gasteiger partial charge in [-0.15, -0.1) is 0 Å². The zero-order valence-electron chi connectivity index (χ0n) is 22.4. The standard InChI is InChI=1S/C24H25F6N7O5/c1-4-37(21(38)34-17(23(25,26)27)12-36-7-8-42-22(36)39)18(24(28,29)30)14-9-13(16(40-2)10-32-14)15-11-35-6-5-31-19(35)20(33-15)41-3/h5-6,9-11,17-18H,4,7-8,12H2,1-3H3,(H,34,38)/t17?,18-/m0/s1. The number of hydrogen-bond donors (Lipinski definition) is 1. The van der Waals surface area contributed by atoms with Gasteiger partial charge in [0.1, 0.15) is 18.4 Å². The molecule has 0 aliphatic carbocycles. The van der Waals surface area contributed by atoms with Crippen LogP contribution in [0.15, 0.2) is 30.9 Å². The highest BCUT2D eigenvalue weighted by atomic mass is 19.4. The third-order valence-electron chi connectivity index (χ3n) is 6.37. The van der Waals surface area contributed by atoms with Crippen LogP contribution in [0, 0.1) is 0 Å². The van der Waals surface area contributed by atoms with Crippen LogP contribution in [0.5, 0.6) is 11.6 Å². The number of amides is 3. The van der Waals surface area contributed by atoms with E-state index >= 15 is 0 Å². The van der Waals surface area contributed by atoms with Crippen molar-refractivity contribution in [3.05, 3.63) is 36.5 Å². The summed E-state index contributed by atoms with van der Waals surface area (Å²) in [5, 5.41) is 1.60. The van der Waals surface area contributed by atoms with E-state index in [1.807, 2.05) is 0 Å². The van der Waals surface area contributed by atoms with Crippen LogP contribution >= 0.6 is 0 Å². The molecule has 1 fully saturated rings. The first-order chi connectivity index (χ1) is 19.8. The predicted octanol–water partition coefficient (Wildman–Crippen LogP) is 3.83. The molecule has 4 heterocycles. The van der Waals surface area contributed by atoms with Gasteiger partial charge in [-0.2, -0.15) is 26.3 Å². The molecule has 0 radical (unpaired) electrons. The molecule has 3 aromatic rings. The maximum atomic E-state index is 14.5. The van der Waals surface area contributed by atoms with Gasteiger partial charge < -0.3 is 33.7 Å². The summed E-state index contributed by atoms with van der Waals surface area (Å²) >= 11 is 0. The lowest BCUT2D eigenvalue weighted by Crippen LogP contribution is -2.57. The molecule has 0 saturated carbocycles. The minimum Gasteiger partial charge on any atom is -0.494 e. The Morgan fingerprint density at radius 3 is 2.48 bits per heavy atom. The fourth-order valence-electron chi connectivity index (χ4n) is 4.36. The maximum Gasteiger partial charge on any atom is 0.414 e. The lowest BCUT2D eigenvalue weighted by atomic mass is 10.1. The number of urea groups is 1. The summed E-state index contributed by atoms with van der Waals surface area (Å²) in [6.45, 7) is -0.858. The summed E-state index contributed by atoms with van der Waals surface area (Å²) in [6.07, 6.45) is -5.84. The van der Waals surface area contributed by atoms with Crippen LogP contribution in [0.25, 0.3) is 16.9 Å². The Morgan fingerprint density at radius 2 is 1.90 bits per heavy atom. The van der Waals surface area contributed by atoms with Gasteiger partial charge in [-0.1, -0.05) is 0 Å². The number of nitrogens with one attached hydrogen (secondary N) is 1. The molecule has 12 nitrogen and oxygen atoms in total. The van der Waals surface area contributed by atoms with E-state index in [1.54, 1.807) is 11.5 Å². The van der Waals surface area contributed by atoms with Crippen molar-refractivity contribution < 1.29 is 50.1 Å². The number of imidazole rings is 1. The third kappa shape index (κ3) is 6.20. The average molecular weight is 605 g/mol. The van der Waals surface area contributed by atoms with Crippen LogP contribution in [-0.4, -0.2) is 100 Å². The fourth-order valence-corrected chi connectivity index (χ4v) is 4.36. The summed E-state index contributed by atoms with van der Waals surface area (Å²) in [5.41, 5.74) is -0.255. The highest BCUT2D eigenvalue weighted by molar-refractivity contribution is 5.76. The molecule has 3 aromatic heterocycles. The number of methoxy groups -OCH3 is 2. The van der Waals surface area contributed by atoms with E-state index in [0.717, 1.165) is 12.3 Å². The first-order valence-electron chi connectivity index (χ1n) is 12.3. The number of pyridine rings is 1. The largest absolute Gasteiger partial charge is 0.494 e. The van der Waals surface area contributed by atoms with Crippen molar-refractivity contribution in [2.75, 3.05) is 40.5 Å². The second-order valence-electron chi connectivity index (χ2n) is 8.94. The molecule has 2 atom stereocenters. The minimum absolute atomic E-state index is 0.0239. The number of carbonyl (C=O) groups excluding carboxylic acids is 2. The molecule has 1 unspecified atom stereocenters. The zero-order chi connectivity index (χ0) is 30.8. The van der Waals surface area contributed by atoms with Crippen LogP contribution in [-0.2, 0) is 4.74 Å². The molecular formula is C24H25F6N7O5. The Balaban J connectivity index is 1.72. The average Bonchev–Trinajstić information content (AvgIpc) is 3.57. The first kappa shape index (κ1) is 30.4. The van der Waals surface area contributed by atoms with Crippen LogP contribution < -0.4 is 14.8 Å². The van der Waals surface area contributed by atoms with Gasteiger partial charge in [0.15, 0.2) is 11.7 Å². The third-order valence-corrected chi connectivity index (χ3v) is 6.37. The quantitative estimate of drug-likeness (QED) is 0.366. The molecule has 1 N–H and O–H groups in total. The number of nitrogens with zero attached hydrogens (tertiary/aromatic N) is 6. The molecule has 0 aromatic carbocycles. The SMILES string of the molecule is CCN(C(=O)NC(CN1CCOC1=O)C(F)(F)F)[C@@H](c1cc(-c2cn3ccnc3c(OC)n2)c(OC)cn1)C(F)(F)F. The second-order valence-corrected chi connectivity index (χ2v) is 8.94. The smallest absolute Gasteiger partial charge is 0.414 e. The van der Waals surface area contributed by atoms with Crippen molar-refractivity contribution in [3.63, 3.8) is 0 Å². The molecular weight excluding hydrogens is 580 g/mol. The minimum atomic E-state index is -5.17. The summed E-state index contributed by atoms with van der Waals surface area (Å²) in [4.78, 5) is 37.8. The van der Waals surface area contributed by atoms with E-state index in [2.05, 4.69) is 19.7 Å². The normalized spacial score (nSPS) is 15.4. The Kier molecular flexibility index (Phi) is 8.53. The summed E-state index contributed by atoms with van der Waals surface area (Å²) in [7, 11) is 2.59. The van der Waals surface area contributed by atoms with E-state index in [4.69, 9.17) is 9.47 Å². The summed E-state index contributed by atoms with van der Waals surface area (Å²) in [5.74, 6) is 0.0794. The summed E-state index contributed by atoms with van der Waals surface area (Å²) in [6, 6.07) is -6.12. The van der Waals surface area contributed by atoms with Crippen molar-refractivity contribution >= 4 is 17.8 Å². The number of carbonyl (C=O) groups is 2. The number of hydrogen-bond acceptors (Lipinski definition) is 8. The number of alkyl halides is 6. The van der Waals surface area contributed by atoms with Gasteiger partial charge in [0, 0.05) is 30.7 Å². The Morgan fingerprint density at radius 1 is 1.17 bits per heavy atom. The topological polar surface area (TPSA) is 123 Å². The Bertz CT molecular complexity index is 1450. The fraction of sp³-hybridized carbons (Fsp3) is 0.458. The van der Waals surface area contributed by atoms with Gasteiger partial charge in [-0.25, -0.2) is 19.6 Å². The predicted molar refractivity (Wildman–Crippen MR) is 132 cm³/mol. The van der Waals surface area contributed by atoms with Gasteiger partial charge in [-0.3, -0.25) is 4.98 Å². The highest BCUT2D eigenvalue weighted by Crippen LogP contribution is 2.40. The van der Waals surface area contributed by atoms with Gasteiger partial charge in [-0.05, 0) is 13.0 Å². The van der Waals surface area contributed by atoms with Gasteiger partial charge >= 0.3 is 24.5 Å². The van der Waals surface area contributed by atoms with Crippen molar-refractivity contribution in [3.8, 4) is 22.9 Å². The Hall–Kier alpha value is -4.51. The van der Waals surface area contributed by atoms with Crippen LogP contribution in [0.3, 0.4) is 0 Å². The molecule has 228 valence electrons. The summed E-state index contributed by atoms with van der Waals surface area (Å²) < 4.78 is 102. The molecule has 18 heteroatoms. The van der Waals surface area contributed by atoms with Crippen molar-refractivity contribution in [2.24, 2.45) is 0 Å². The van der Waals surface area contributed by atoms with E-state index in [9.17, 15) is 35.9 Å². The van der Waals surface area contributed by atoms with E-state index in [1.165, 1.54) is 37.9 Å². The monoisotopic (exact) mass is 605 g/mol. The van der Waals surface area contributed by atoms with E-state index in [-0.39, 0.29) is 40.9 Å². The Labute approximate surface area is 234 Å². The van der Waals surface area contributed by atoms with Crippen molar-refractivity contribution in [1.82, 2.24) is 34.5 Å². The lowest BCUT2D eigenvalue weighted by Gasteiger charge is -2.34. The van der Waals surface area contributed by atoms with E-state index in [0.29, 0.717) is 10.5 Å². The molecule has 3 amide bonds. The van der Waals surface area contributed by atoms with Crippen LogP contribution in [0.1, 0.15) is 18.7 Å². The molecule has 0 spiro atoms. The molecule has 1 saturated heterocycles. The number of fused-ring (bicyclic) bond motifs is 1. The molecule has 1 aliphatic rings. The lowest BCUT2D eigenvalue weighted by molar-refractivity contribution is -0.180. The zero-order valence-corrected chi connectivity index (χ0v) is 22.4. The van der Waals surface area contributed by atoms with E-state index < -0.39 is 55.3 Å². The molecule has 42 heavy (non-hydrogen) atoms. The number of cyclic esters (lactones) is 1. The first-order valence-corrected chi connectivity index (χ1v) is 12.3. The number of aromatic nitrogens is 4. The maximum absolute atomic E-state index is 14.5. The number of ether oxygens (including phenoxy) is 3. The highest BCUT2D eigenvalue weighted by Gasteiger charge is 2.50. The van der Waals surface area contributed by atoms with Gasteiger partial charge in [0.25, 0.3) is 5.88 Å². The van der Waals surface area contributed by atoms with Gasteiger partial charge in [0.2, 0.25) is 0 Å². The van der Waals surface area contributed by atoms with Crippen molar-refractivity contribution in [1.29, 1.82) is 0 Å². The van der Waals surface area contributed by atoms with Crippen LogP contribution in [0.2, 0.25) is 0 Å². The molecule has 4 rings (SSSR count). The van der Waals surface area contributed by atoms with Gasteiger partial charge in [0.05, 0.1) is 44.9 Å². The number of rotatable bonds is 9. The molecule has 0 bridgehead atoms.